The fraction of sp³-hybridized carbons (Fsp3) is 0.172. The average molecular weight is 391 g/mol. The number of hydrogen-bond donors (Lipinski definition) is 0. The van der Waals surface area contributed by atoms with Crippen molar-refractivity contribution in [2.75, 3.05) is 0 Å². The Morgan fingerprint density at radius 2 is 1.07 bits per heavy atom. The van der Waals surface area contributed by atoms with Gasteiger partial charge in [0, 0.05) is 22.3 Å². The van der Waals surface area contributed by atoms with Crippen molar-refractivity contribution in [1.29, 1.82) is 0 Å². The summed E-state index contributed by atoms with van der Waals surface area (Å²) in [5.41, 5.74) is 10.1. The van der Waals surface area contributed by atoms with Crippen molar-refractivity contribution in [2.24, 2.45) is 0 Å². The van der Waals surface area contributed by atoms with E-state index in [1.54, 1.807) is 0 Å². The van der Waals surface area contributed by atoms with E-state index in [1.165, 1.54) is 33.4 Å². The second kappa shape index (κ2) is 6.88. The molecule has 0 bridgehead atoms. The maximum atomic E-state index is 7.06. The lowest BCUT2D eigenvalue weighted by atomic mass is 9.74. The molecule has 0 unspecified atom stereocenters. The highest BCUT2D eigenvalue weighted by molar-refractivity contribution is 5.80. The molecule has 0 aromatic heterocycles. The molecule has 0 spiro atoms. The second-order valence-electron chi connectivity index (χ2n) is 8.57. The predicted octanol–water partition coefficient (Wildman–Crippen LogP) is 7.27. The summed E-state index contributed by atoms with van der Waals surface area (Å²) in [6, 6.07) is 30.7. The van der Waals surface area contributed by atoms with E-state index in [0.717, 1.165) is 22.4 Å². The van der Waals surface area contributed by atoms with E-state index in [0.29, 0.717) is 0 Å². The Morgan fingerprint density at radius 1 is 0.533 bits per heavy atom. The van der Waals surface area contributed by atoms with Gasteiger partial charge in [0.15, 0.2) is 5.60 Å². The molecule has 1 aliphatic rings. The van der Waals surface area contributed by atoms with Crippen LogP contribution in [0.4, 0.5) is 0 Å². The van der Waals surface area contributed by atoms with Crippen LogP contribution >= 0.6 is 0 Å². The zero-order valence-electron chi connectivity index (χ0n) is 18.0. The van der Waals surface area contributed by atoms with E-state index >= 15 is 0 Å². The lowest BCUT2D eigenvalue weighted by Gasteiger charge is -2.42. The lowest BCUT2D eigenvalue weighted by Crippen LogP contribution is -2.39. The van der Waals surface area contributed by atoms with Gasteiger partial charge in [-0.1, -0.05) is 95.6 Å². The zero-order chi connectivity index (χ0) is 20.9. The van der Waals surface area contributed by atoms with Crippen LogP contribution in [0.5, 0.6) is 5.75 Å². The summed E-state index contributed by atoms with van der Waals surface area (Å²) in [4.78, 5) is 0. The maximum absolute atomic E-state index is 7.06. The van der Waals surface area contributed by atoms with E-state index in [2.05, 4.69) is 113 Å². The molecule has 30 heavy (non-hydrogen) atoms. The van der Waals surface area contributed by atoms with Crippen LogP contribution in [0, 0.1) is 27.7 Å². The van der Waals surface area contributed by atoms with E-state index in [4.69, 9.17) is 4.74 Å². The Bertz CT molecular complexity index is 1220. The van der Waals surface area contributed by atoms with Crippen LogP contribution < -0.4 is 4.74 Å². The van der Waals surface area contributed by atoms with Gasteiger partial charge in [-0.15, -0.1) is 0 Å². The average Bonchev–Trinajstić information content (AvgIpc) is 2.72. The molecule has 0 amide bonds. The first-order valence-electron chi connectivity index (χ1n) is 10.5. The lowest BCUT2D eigenvalue weighted by molar-refractivity contribution is 0.151. The van der Waals surface area contributed by atoms with Crippen LogP contribution in [0.2, 0.25) is 0 Å². The number of rotatable bonds is 2. The largest absolute Gasteiger partial charge is 0.472 e. The number of benzene rings is 4. The molecule has 0 fully saturated rings. The fourth-order valence-corrected chi connectivity index (χ4v) is 4.66. The van der Waals surface area contributed by atoms with Crippen LogP contribution in [0.3, 0.4) is 0 Å². The Kier molecular flexibility index (Phi) is 4.29. The summed E-state index contributed by atoms with van der Waals surface area (Å²) in [6.07, 6.45) is 0. The Balaban J connectivity index is 1.93. The molecular formula is C29H26O. The summed E-state index contributed by atoms with van der Waals surface area (Å²) in [5.74, 6) is 0.939. The van der Waals surface area contributed by atoms with Gasteiger partial charge in [0.2, 0.25) is 0 Å². The minimum atomic E-state index is -0.694. The summed E-state index contributed by atoms with van der Waals surface area (Å²) < 4.78 is 7.06. The van der Waals surface area contributed by atoms with Gasteiger partial charge in [-0.2, -0.15) is 0 Å². The van der Waals surface area contributed by atoms with Crippen LogP contribution in [0.15, 0.2) is 84.9 Å². The Hall–Kier alpha value is -3.32. The van der Waals surface area contributed by atoms with Crippen molar-refractivity contribution in [2.45, 2.75) is 33.3 Å². The highest BCUT2D eigenvalue weighted by atomic mass is 16.5. The highest BCUT2D eigenvalue weighted by Gasteiger charge is 2.44. The van der Waals surface area contributed by atoms with Crippen LogP contribution in [-0.2, 0) is 5.60 Å². The van der Waals surface area contributed by atoms with Crippen LogP contribution in [-0.4, -0.2) is 0 Å². The smallest absolute Gasteiger partial charge is 0.185 e. The minimum Gasteiger partial charge on any atom is -0.472 e. The third-order valence-electron chi connectivity index (χ3n) is 6.09. The summed E-state index contributed by atoms with van der Waals surface area (Å²) >= 11 is 0. The third-order valence-corrected chi connectivity index (χ3v) is 6.09. The highest BCUT2D eigenvalue weighted by Crippen LogP contribution is 2.52. The van der Waals surface area contributed by atoms with Crippen molar-refractivity contribution in [3.8, 4) is 16.9 Å². The van der Waals surface area contributed by atoms with Gasteiger partial charge in [-0.3, -0.25) is 0 Å². The third kappa shape index (κ3) is 2.85. The minimum absolute atomic E-state index is 0.694. The quantitative estimate of drug-likeness (QED) is 0.350. The molecule has 1 heteroatoms. The zero-order valence-corrected chi connectivity index (χ0v) is 18.0. The molecule has 1 nitrogen and oxygen atoms in total. The van der Waals surface area contributed by atoms with Gasteiger partial charge < -0.3 is 4.74 Å². The fourth-order valence-electron chi connectivity index (χ4n) is 4.66. The van der Waals surface area contributed by atoms with E-state index < -0.39 is 5.60 Å². The molecule has 4 aromatic carbocycles. The summed E-state index contributed by atoms with van der Waals surface area (Å²) in [6.45, 7) is 8.56. The molecule has 0 saturated carbocycles. The standard InChI is InChI=1S/C29H26O/c1-19-7-5-9-23(15-19)29(24-10-6-8-20(2)16-24)27-17-21(3)11-13-25(27)26-14-12-22(4)18-28(26)30-29/h5-18H,1-4H3. The summed E-state index contributed by atoms with van der Waals surface area (Å²) in [7, 11) is 0. The maximum Gasteiger partial charge on any atom is 0.185 e. The van der Waals surface area contributed by atoms with Gasteiger partial charge in [0.25, 0.3) is 0 Å². The SMILES string of the molecule is Cc1cccc(C2(c3cccc(C)c3)Oc3cc(C)ccc3-c3ccc(C)cc32)c1. The molecule has 1 heterocycles. The number of ether oxygens (including phenoxy) is 1. The Morgan fingerprint density at radius 3 is 1.67 bits per heavy atom. The molecule has 0 radical (unpaired) electrons. The molecule has 0 aliphatic carbocycles. The molecule has 148 valence electrons. The van der Waals surface area contributed by atoms with Crippen LogP contribution in [0.1, 0.15) is 38.9 Å². The number of fused-ring (bicyclic) bond motifs is 3. The van der Waals surface area contributed by atoms with Crippen molar-refractivity contribution in [3.63, 3.8) is 0 Å². The molecule has 1 aliphatic heterocycles. The van der Waals surface area contributed by atoms with Gasteiger partial charge >= 0.3 is 0 Å². The Labute approximate surface area is 179 Å². The molecule has 5 rings (SSSR count). The van der Waals surface area contributed by atoms with Crippen molar-refractivity contribution < 1.29 is 4.74 Å². The van der Waals surface area contributed by atoms with Crippen molar-refractivity contribution >= 4 is 0 Å². The second-order valence-corrected chi connectivity index (χ2v) is 8.57. The first-order chi connectivity index (χ1) is 14.5. The first kappa shape index (κ1) is 18.7. The molecule has 0 saturated heterocycles. The topological polar surface area (TPSA) is 9.23 Å². The van der Waals surface area contributed by atoms with Gasteiger partial charge in [0.05, 0.1) is 0 Å². The van der Waals surface area contributed by atoms with Gasteiger partial charge in [-0.25, -0.2) is 0 Å². The number of aryl methyl sites for hydroxylation is 4. The van der Waals surface area contributed by atoms with Gasteiger partial charge in [0.1, 0.15) is 5.75 Å². The van der Waals surface area contributed by atoms with Crippen molar-refractivity contribution in [3.05, 3.63) is 124 Å². The number of hydrogen-bond acceptors (Lipinski definition) is 1. The molecule has 0 atom stereocenters. The molecule has 4 aromatic rings. The summed E-state index contributed by atoms with van der Waals surface area (Å²) in [5, 5.41) is 0. The predicted molar refractivity (Wildman–Crippen MR) is 124 cm³/mol. The molecule has 0 N–H and O–H groups in total. The van der Waals surface area contributed by atoms with Crippen molar-refractivity contribution in [1.82, 2.24) is 0 Å². The van der Waals surface area contributed by atoms with E-state index in [1.807, 2.05) is 0 Å². The van der Waals surface area contributed by atoms with Crippen LogP contribution in [0.25, 0.3) is 11.1 Å². The first-order valence-corrected chi connectivity index (χ1v) is 10.5. The molecular weight excluding hydrogens is 364 g/mol. The van der Waals surface area contributed by atoms with E-state index in [-0.39, 0.29) is 0 Å². The van der Waals surface area contributed by atoms with E-state index in [9.17, 15) is 0 Å². The normalized spacial score (nSPS) is 13.9. The van der Waals surface area contributed by atoms with Gasteiger partial charge in [-0.05, 0) is 44.9 Å². The monoisotopic (exact) mass is 390 g/mol.